The fraction of sp³-hybridized carbons (Fsp3) is 0.455. The molecule has 1 atom stereocenters. The minimum Gasteiger partial charge on any atom is -0.493 e. The molecule has 1 heterocycles. The third-order valence-corrected chi connectivity index (χ3v) is 5.20. The van der Waals surface area contributed by atoms with Gasteiger partial charge in [-0.05, 0) is 37.6 Å². The van der Waals surface area contributed by atoms with Gasteiger partial charge >= 0.3 is 0 Å². The summed E-state index contributed by atoms with van der Waals surface area (Å²) < 4.78 is 16.5. The predicted molar refractivity (Wildman–Crippen MR) is 108 cm³/mol. The van der Waals surface area contributed by atoms with E-state index in [0.29, 0.717) is 24.1 Å². The van der Waals surface area contributed by atoms with Crippen molar-refractivity contribution >= 4 is 0 Å². The monoisotopic (exact) mass is 370 g/mol. The number of nitrogens with zero attached hydrogens (tertiary/aromatic N) is 1. The molecule has 1 N–H and O–H groups in total. The second kappa shape index (κ2) is 9.62. The van der Waals surface area contributed by atoms with Crippen molar-refractivity contribution in [2.45, 2.75) is 25.4 Å². The molecule has 0 aromatic heterocycles. The average molecular weight is 370 g/mol. The lowest BCUT2D eigenvalue weighted by Crippen LogP contribution is -2.34. The molecule has 2 aromatic rings. The van der Waals surface area contributed by atoms with E-state index >= 15 is 0 Å². The van der Waals surface area contributed by atoms with E-state index in [1.807, 2.05) is 12.1 Å². The van der Waals surface area contributed by atoms with Crippen LogP contribution in [0.5, 0.6) is 17.2 Å². The largest absolute Gasteiger partial charge is 0.493 e. The van der Waals surface area contributed by atoms with Crippen LogP contribution in [0.1, 0.15) is 30.0 Å². The van der Waals surface area contributed by atoms with E-state index in [9.17, 15) is 0 Å². The SMILES string of the molecule is COc1ccc(CNCC(c2ccccc2)N2CCCC2)c(OC)c1OC. The van der Waals surface area contributed by atoms with Gasteiger partial charge in [-0.1, -0.05) is 36.4 Å². The molecule has 1 aliphatic rings. The maximum atomic E-state index is 5.60. The molecular weight excluding hydrogens is 340 g/mol. The van der Waals surface area contributed by atoms with E-state index in [4.69, 9.17) is 14.2 Å². The van der Waals surface area contributed by atoms with Crippen molar-refractivity contribution in [3.63, 3.8) is 0 Å². The van der Waals surface area contributed by atoms with Gasteiger partial charge < -0.3 is 19.5 Å². The summed E-state index contributed by atoms with van der Waals surface area (Å²) in [7, 11) is 4.93. The van der Waals surface area contributed by atoms with Crippen molar-refractivity contribution in [2.24, 2.45) is 0 Å². The molecule has 0 spiro atoms. The Bertz CT molecular complexity index is 715. The van der Waals surface area contributed by atoms with Crippen LogP contribution in [0, 0.1) is 0 Å². The molecule has 0 bridgehead atoms. The van der Waals surface area contributed by atoms with Crippen LogP contribution in [0.3, 0.4) is 0 Å². The van der Waals surface area contributed by atoms with Crippen LogP contribution in [0.25, 0.3) is 0 Å². The molecule has 3 rings (SSSR count). The Morgan fingerprint density at radius 2 is 1.59 bits per heavy atom. The first-order valence-corrected chi connectivity index (χ1v) is 9.56. The highest BCUT2D eigenvalue weighted by atomic mass is 16.5. The van der Waals surface area contributed by atoms with Crippen molar-refractivity contribution < 1.29 is 14.2 Å². The Morgan fingerprint density at radius 1 is 0.889 bits per heavy atom. The minimum atomic E-state index is 0.389. The van der Waals surface area contributed by atoms with Crippen molar-refractivity contribution in [3.8, 4) is 17.2 Å². The maximum Gasteiger partial charge on any atom is 0.203 e. The van der Waals surface area contributed by atoms with E-state index in [-0.39, 0.29) is 0 Å². The van der Waals surface area contributed by atoms with Crippen molar-refractivity contribution in [1.29, 1.82) is 0 Å². The predicted octanol–water partition coefficient (Wildman–Crippen LogP) is 3.64. The fourth-order valence-electron chi connectivity index (χ4n) is 3.83. The molecule has 146 valence electrons. The van der Waals surface area contributed by atoms with E-state index in [1.54, 1.807) is 21.3 Å². The number of methoxy groups -OCH3 is 3. The fourth-order valence-corrected chi connectivity index (χ4v) is 3.83. The molecule has 5 heteroatoms. The number of likely N-dealkylation sites (tertiary alicyclic amines) is 1. The number of nitrogens with one attached hydrogen (secondary N) is 1. The molecule has 1 unspecified atom stereocenters. The zero-order chi connectivity index (χ0) is 19.1. The van der Waals surface area contributed by atoms with Gasteiger partial charge in [-0.2, -0.15) is 0 Å². The first-order valence-electron chi connectivity index (χ1n) is 9.56. The highest BCUT2D eigenvalue weighted by Gasteiger charge is 2.23. The van der Waals surface area contributed by atoms with Crippen LogP contribution in [-0.2, 0) is 6.54 Å². The summed E-state index contributed by atoms with van der Waals surface area (Å²) in [6, 6.07) is 15.1. The number of ether oxygens (including phenoxy) is 3. The Labute approximate surface area is 162 Å². The Hall–Kier alpha value is -2.24. The smallest absolute Gasteiger partial charge is 0.203 e. The van der Waals surface area contributed by atoms with Gasteiger partial charge in [0.25, 0.3) is 0 Å². The highest BCUT2D eigenvalue weighted by molar-refractivity contribution is 5.55. The van der Waals surface area contributed by atoms with Crippen LogP contribution in [0.2, 0.25) is 0 Å². The number of rotatable bonds is 9. The summed E-state index contributed by atoms with van der Waals surface area (Å²) in [6.07, 6.45) is 2.57. The van der Waals surface area contributed by atoms with Gasteiger partial charge in [-0.15, -0.1) is 0 Å². The van der Waals surface area contributed by atoms with Gasteiger partial charge in [-0.3, -0.25) is 4.90 Å². The summed E-state index contributed by atoms with van der Waals surface area (Å²) >= 11 is 0. The summed E-state index contributed by atoms with van der Waals surface area (Å²) in [4.78, 5) is 2.58. The molecule has 2 aromatic carbocycles. The molecule has 27 heavy (non-hydrogen) atoms. The lowest BCUT2D eigenvalue weighted by atomic mass is 10.1. The maximum absolute atomic E-state index is 5.60. The van der Waals surface area contributed by atoms with Gasteiger partial charge in [0, 0.05) is 24.7 Å². The van der Waals surface area contributed by atoms with Gasteiger partial charge in [0.05, 0.1) is 21.3 Å². The lowest BCUT2D eigenvalue weighted by Gasteiger charge is -2.28. The van der Waals surface area contributed by atoms with Gasteiger partial charge in [0.2, 0.25) is 5.75 Å². The van der Waals surface area contributed by atoms with E-state index in [1.165, 1.54) is 31.5 Å². The zero-order valence-electron chi connectivity index (χ0n) is 16.5. The number of hydrogen-bond donors (Lipinski definition) is 1. The third kappa shape index (κ3) is 4.54. The molecule has 1 fully saturated rings. The lowest BCUT2D eigenvalue weighted by molar-refractivity contribution is 0.238. The van der Waals surface area contributed by atoms with Crippen LogP contribution in [-0.4, -0.2) is 45.9 Å². The Kier molecular flexibility index (Phi) is 6.96. The molecule has 0 amide bonds. The zero-order valence-corrected chi connectivity index (χ0v) is 16.5. The van der Waals surface area contributed by atoms with E-state index in [0.717, 1.165) is 17.9 Å². The van der Waals surface area contributed by atoms with Crippen molar-refractivity contribution in [3.05, 3.63) is 53.6 Å². The van der Waals surface area contributed by atoms with Gasteiger partial charge in [0.1, 0.15) is 0 Å². The molecule has 5 nitrogen and oxygen atoms in total. The average Bonchev–Trinajstić information content (AvgIpc) is 3.25. The second-order valence-corrected chi connectivity index (χ2v) is 6.79. The summed E-state index contributed by atoms with van der Waals surface area (Å²) in [5.41, 5.74) is 2.43. The first-order chi connectivity index (χ1) is 13.3. The summed E-state index contributed by atoms with van der Waals surface area (Å²) in [6.45, 7) is 3.93. The van der Waals surface area contributed by atoms with Gasteiger partial charge in [-0.25, -0.2) is 0 Å². The molecule has 0 saturated carbocycles. The quantitative estimate of drug-likeness (QED) is 0.730. The molecule has 0 aliphatic carbocycles. The van der Waals surface area contributed by atoms with Gasteiger partial charge in [0.15, 0.2) is 11.5 Å². The van der Waals surface area contributed by atoms with Crippen molar-refractivity contribution in [2.75, 3.05) is 41.0 Å². The van der Waals surface area contributed by atoms with E-state index < -0.39 is 0 Å². The van der Waals surface area contributed by atoms with Crippen LogP contribution in [0.4, 0.5) is 0 Å². The minimum absolute atomic E-state index is 0.389. The second-order valence-electron chi connectivity index (χ2n) is 6.79. The van der Waals surface area contributed by atoms with Crippen molar-refractivity contribution in [1.82, 2.24) is 10.2 Å². The Morgan fingerprint density at radius 3 is 2.22 bits per heavy atom. The number of hydrogen-bond acceptors (Lipinski definition) is 5. The van der Waals surface area contributed by atoms with E-state index in [2.05, 4.69) is 40.5 Å². The number of benzene rings is 2. The summed E-state index contributed by atoms with van der Waals surface area (Å²) in [5.74, 6) is 2.04. The molecule has 1 aliphatic heterocycles. The normalized spacial score (nSPS) is 15.5. The Balaban J connectivity index is 1.71. The molecule has 1 saturated heterocycles. The third-order valence-electron chi connectivity index (χ3n) is 5.20. The molecule has 0 radical (unpaired) electrons. The topological polar surface area (TPSA) is 43.0 Å². The molecular formula is C22H30N2O3. The van der Waals surface area contributed by atoms with Crippen LogP contribution in [0.15, 0.2) is 42.5 Å². The highest BCUT2D eigenvalue weighted by Crippen LogP contribution is 2.39. The first kappa shape index (κ1) is 19.5. The summed E-state index contributed by atoms with van der Waals surface area (Å²) in [5, 5.41) is 3.62. The van der Waals surface area contributed by atoms with Crippen LogP contribution >= 0.6 is 0 Å². The standard InChI is InChI=1S/C22H30N2O3/c1-25-20-12-11-18(21(26-2)22(20)27-3)15-23-16-19(24-13-7-8-14-24)17-9-5-4-6-10-17/h4-6,9-12,19,23H,7-8,13-16H2,1-3H3. The van der Waals surface area contributed by atoms with Crippen LogP contribution < -0.4 is 19.5 Å².